The predicted octanol–water partition coefficient (Wildman–Crippen LogP) is 3.97. The fourth-order valence-electron chi connectivity index (χ4n) is 2.41. The Morgan fingerprint density at radius 1 is 1.21 bits per heavy atom. The summed E-state index contributed by atoms with van der Waals surface area (Å²) >= 11 is 0. The van der Waals surface area contributed by atoms with E-state index < -0.39 is 17.0 Å². The van der Waals surface area contributed by atoms with Crippen molar-refractivity contribution in [1.82, 2.24) is 10.2 Å². The van der Waals surface area contributed by atoms with Gasteiger partial charge in [0.15, 0.2) is 6.10 Å². The number of aromatic nitrogens is 2. The number of ether oxygens (including phenoxy) is 2. The van der Waals surface area contributed by atoms with Crippen LogP contribution in [0.1, 0.15) is 24.5 Å². The number of hydrogen-bond acceptors (Lipinski definition) is 8. The van der Waals surface area contributed by atoms with Gasteiger partial charge in [0.2, 0.25) is 5.89 Å². The summed E-state index contributed by atoms with van der Waals surface area (Å²) in [5.74, 6) is 0.389. The Bertz CT molecular complexity index is 1040. The molecule has 9 heteroatoms. The second-order valence-corrected chi connectivity index (χ2v) is 5.94. The van der Waals surface area contributed by atoms with Gasteiger partial charge in [0.05, 0.1) is 12.0 Å². The first-order valence-corrected chi connectivity index (χ1v) is 8.57. The number of carbonyl (C=O) groups is 1. The molecule has 1 atom stereocenters. The molecule has 3 aromatic rings. The summed E-state index contributed by atoms with van der Waals surface area (Å²) in [5.41, 5.74) is 1.26. The maximum atomic E-state index is 12.0. The lowest BCUT2D eigenvalue weighted by molar-refractivity contribution is -0.384. The number of hydrogen-bond donors (Lipinski definition) is 0. The molecule has 0 radical (unpaired) electrons. The van der Waals surface area contributed by atoms with E-state index in [1.54, 1.807) is 32.2 Å². The monoisotopic (exact) mass is 395 g/mol. The van der Waals surface area contributed by atoms with Gasteiger partial charge in [0, 0.05) is 23.8 Å². The molecule has 0 fully saturated rings. The molecule has 0 saturated heterocycles. The molecule has 1 aromatic heterocycles. The van der Waals surface area contributed by atoms with Crippen molar-refractivity contribution in [1.29, 1.82) is 0 Å². The quantitative estimate of drug-likeness (QED) is 0.255. The third-order valence-corrected chi connectivity index (χ3v) is 3.91. The van der Waals surface area contributed by atoms with Gasteiger partial charge in [-0.3, -0.25) is 10.1 Å². The highest BCUT2D eigenvalue weighted by atomic mass is 16.6. The van der Waals surface area contributed by atoms with Crippen LogP contribution in [-0.4, -0.2) is 28.2 Å². The van der Waals surface area contributed by atoms with Gasteiger partial charge in [0.1, 0.15) is 5.75 Å². The van der Waals surface area contributed by atoms with E-state index in [1.807, 2.05) is 12.1 Å². The third kappa shape index (κ3) is 5.04. The average Bonchev–Trinajstić information content (AvgIpc) is 3.23. The number of nitro benzene ring substituents is 1. The molecule has 3 rings (SSSR count). The van der Waals surface area contributed by atoms with Crippen LogP contribution in [0.15, 0.2) is 59.0 Å². The van der Waals surface area contributed by atoms with Crippen LogP contribution in [0.4, 0.5) is 5.69 Å². The van der Waals surface area contributed by atoms with Crippen LogP contribution >= 0.6 is 0 Å². The summed E-state index contributed by atoms with van der Waals surface area (Å²) in [7, 11) is 1.56. The number of nitrogens with zero attached hydrogens (tertiary/aromatic N) is 3. The minimum absolute atomic E-state index is 0.0430. The maximum absolute atomic E-state index is 12.0. The van der Waals surface area contributed by atoms with Gasteiger partial charge in [-0.1, -0.05) is 12.1 Å². The number of rotatable bonds is 7. The molecule has 0 saturated carbocycles. The Morgan fingerprint density at radius 3 is 2.66 bits per heavy atom. The van der Waals surface area contributed by atoms with E-state index in [9.17, 15) is 14.9 Å². The molecule has 1 heterocycles. The van der Waals surface area contributed by atoms with E-state index in [-0.39, 0.29) is 17.5 Å². The standard InChI is InChI=1S/C20H17N3O6/c1-13(28-18(24)11-6-14-4-3-5-17(12-14)27-2)19-21-22-20(29-19)15-7-9-16(10-8-15)23(25)26/h3-13H,1-2H3/b11-6+/t13-/m1/s1. The van der Waals surface area contributed by atoms with Crippen LogP contribution in [0.5, 0.6) is 5.75 Å². The number of esters is 1. The van der Waals surface area contributed by atoms with Crippen molar-refractivity contribution in [2.75, 3.05) is 7.11 Å². The average molecular weight is 395 g/mol. The summed E-state index contributed by atoms with van der Waals surface area (Å²) in [5, 5.41) is 18.5. The Kier molecular flexibility index (Phi) is 5.98. The molecule has 0 bridgehead atoms. The second kappa shape index (κ2) is 8.79. The Morgan fingerprint density at radius 2 is 1.97 bits per heavy atom. The third-order valence-electron chi connectivity index (χ3n) is 3.91. The number of carbonyl (C=O) groups excluding carboxylic acids is 1. The summed E-state index contributed by atoms with van der Waals surface area (Å²) < 4.78 is 15.9. The lowest BCUT2D eigenvalue weighted by atomic mass is 10.2. The maximum Gasteiger partial charge on any atom is 0.331 e. The first-order chi connectivity index (χ1) is 14.0. The zero-order valence-electron chi connectivity index (χ0n) is 15.6. The molecule has 0 amide bonds. The summed E-state index contributed by atoms with van der Waals surface area (Å²) in [6, 6.07) is 12.9. The van der Waals surface area contributed by atoms with Crippen LogP contribution in [0.3, 0.4) is 0 Å². The number of methoxy groups -OCH3 is 1. The highest BCUT2D eigenvalue weighted by molar-refractivity contribution is 5.87. The predicted molar refractivity (Wildman–Crippen MR) is 103 cm³/mol. The smallest absolute Gasteiger partial charge is 0.331 e. The molecular weight excluding hydrogens is 378 g/mol. The lowest BCUT2D eigenvalue weighted by Crippen LogP contribution is -2.06. The molecular formula is C20H17N3O6. The van der Waals surface area contributed by atoms with Crippen molar-refractivity contribution in [2.24, 2.45) is 0 Å². The molecule has 0 aliphatic heterocycles. The van der Waals surface area contributed by atoms with Gasteiger partial charge in [-0.15, -0.1) is 10.2 Å². The molecule has 0 spiro atoms. The van der Waals surface area contributed by atoms with Crippen molar-refractivity contribution in [2.45, 2.75) is 13.0 Å². The van der Waals surface area contributed by atoms with E-state index in [0.717, 1.165) is 5.56 Å². The van der Waals surface area contributed by atoms with Crippen LogP contribution in [0, 0.1) is 10.1 Å². The minimum atomic E-state index is -0.767. The highest BCUT2D eigenvalue weighted by Crippen LogP contribution is 2.24. The summed E-state index contributed by atoms with van der Waals surface area (Å²) in [4.78, 5) is 22.3. The van der Waals surface area contributed by atoms with Crippen molar-refractivity contribution in [3.8, 4) is 17.2 Å². The number of nitro groups is 1. The minimum Gasteiger partial charge on any atom is -0.497 e. The fraction of sp³-hybridized carbons (Fsp3) is 0.150. The van der Waals surface area contributed by atoms with Crippen molar-refractivity contribution < 1.29 is 23.6 Å². The van der Waals surface area contributed by atoms with Crippen LogP contribution in [0.25, 0.3) is 17.5 Å². The van der Waals surface area contributed by atoms with E-state index in [0.29, 0.717) is 11.3 Å². The number of non-ortho nitro benzene ring substituents is 1. The van der Waals surface area contributed by atoms with Crippen LogP contribution in [0.2, 0.25) is 0 Å². The molecule has 29 heavy (non-hydrogen) atoms. The van der Waals surface area contributed by atoms with Crippen molar-refractivity contribution in [3.63, 3.8) is 0 Å². The van der Waals surface area contributed by atoms with E-state index in [2.05, 4.69) is 10.2 Å². The van der Waals surface area contributed by atoms with Gasteiger partial charge < -0.3 is 13.9 Å². The molecule has 148 valence electrons. The molecule has 0 aliphatic rings. The largest absolute Gasteiger partial charge is 0.497 e. The van der Waals surface area contributed by atoms with Gasteiger partial charge in [-0.05, 0) is 42.8 Å². The van der Waals surface area contributed by atoms with E-state index >= 15 is 0 Å². The van der Waals surface area contributed by atoms with E-state index in [4.69, 9.17) is 13.9 Å². The summed E-state index contributed by atoms with van der Waals surface area (Å²) in [6.07, 6.45) is 2.13. The Hall–Kier alpha value is -4.01. The molecule has 0 N–H and O–H groups in total. The van der Waals surface area contributed by atoms with E-state index in [1.165, 1.54) is 30.3 Å². The Labute approximate surface area is 165 Å². The first kappa shape index (κ1) is 19.7. The van der Waals surface area contributed by atoms with Gasteiger partial charge >= 0.3 is 5.97 Å². The van der Waals surface area contributed by atoms with Crippen LogP contribution in [-0.2, 0) is 9.53 Å². The Balaban J connectivity index is 1.63. The SMILES string of the molecule is COc1cccc(/C=C/C(=O)O[C@H](C)c2nnc(-c3ccc([N+](=O)[O-])cc3)o2)c1. The fourth-order valence-corrected chi connectivity index (χ4v) is 2.41. The molecule has 9 nitrogen and oxygen atoms in total. The topological polar surface area (TPSA) is 118 Å². The zero-order valence-corrected chi connectivity index (χ0v) is 15.6. The second-order valence-electron chi connectivity index (χ2n) is 5.94. The lowest BCUT2D eigenvalue weighted by Gasteiger charge is -2.06. The summed E-state index contributed by atoms with van der Waals surface area (Å²) in [6.45, 7) is 1.60. The molecule has 2 aromatic carbocycles. The van der Waals surface area contributed by atoms with Gasteiger partial charge in [-0.2, -0.15) is 0 Å². The van der Waals surface area contributed by atoms with Gasteiger partial charge in [-0.25, -0.2) is 4.79 Å². The highest BCUT2D eigenvalue weighted by Gasteiger charge is 2.18. The first-order valence-electron chi connectivity index (χ1n) is 8.57. The number of benzene rings is 2. The molecule has 0 unspecified atom stereocenters. The van der Waals surface area contributed by atoms with Crippen molar-refractivity contribution >= 4 is 17.7 Å². The zero-order chi connectivity index (χ0) is 20.8. The molecule has 0 aliphatic carbocycles. The van der Waals surface area contributed by atoms with Gasteiger partial charge in [0.25, 0.3) is 11.6 Å². The van der Waals surface area contributed by atoms with Crippen LogP contribution < -0.4 is 4.74 Å². The normalized spacial score (nSPS) is 11.9. The van der Waals surface area contributed by atoms with Crippen molar-refractivity contribution in [3.05, 3.63) is 76.2 Å².